The molecule has 0 radical (unpaired) electrons. The average Bonchev–Trinajstić information content (AvgIpc) is 2.48. The maximum atomic E-state index is 11.5. The van der Waals surface area contributed by atoms with Crippen LogP contribution < -0.4 is 5.32 Å². The summed E-state index contributed by atoms with van der Waals surface area (Å²) in [6, 6.07) is 8.31. The smallest absolute Gasteiger partial charge is 0.221 e. The Morgan fingerprint density at radius 3 is 2.65 bits per heavy atom. The fraction of sp³-hybridized carbons (Fsp3) is 0.533. The van der Waals surface area contributed by atoms with Crippen LogP contribution in [0.3, 0.4) is 0 Å². The van der Waals surface area contributed by atoms with Gasteiger partial charge in [0.05, 0.1) is 13.2 Å². The largest absolute Gasteiger partial charge is 0.379 e. The van der Waals surface area contributed by atoms with Crippen LogP contribution in [-0.2, 0) is 22.6 Å². The van der Waals surface area contributed by atoms with Crippen molar-refractivity contribution in [2.24, 2.45) is 0 Å². The summed E-state index contributed by atoms with van der Waals surface area (Å²) < 4.78 is 5.37. The number of benzene rings is 1. The molecule has 1 heterocycles. The maximum absolute atomic E-state index is 11.5. The second-order valence-corrected chi connectivity index (χ2v) is 5.67. The number of hydrogen-bond donors (Lipinski definition) is 1. The first-order valence-corrected chi connectivity index (χ1v) is 8.11. The summed E-state index contributed by atoms with van der Waals surface area (Å²) in [5.41, 5.74) is 2.48. The second-order valence-electron chi connectivity index (χ2n) is 4.87. The number of carbonyl (C=O) groups is 1. The Hall–Kier alpha value is -0.910. The van der Waals surface area contributed by atoms with Crippen LogP contribution in [0.5, 0.6) is 0 Å². The second kappa shape index (κ2) is 8.39. The molecule has 20 heavy (non-hydrogen) atoms. The third-order valence-corrected chi connectivity index (χ3v) is 3.81. The number of hydrogen-bond acceptors (Lipinski definition) is 3. The van der Waals surface area contributed by atoms with Crippen molar-refractivity contribution in [1.29, 1.82) is 0 Å². The van der Waals surface area contributed by atoms with E-state index < -0.39 is 0 Å². The first-order valence-electron chi connectivity index (χ1n) is 6.99. The predicted octanol–water partition coefficient (Wildman–Crippen LogP) is 1.92. The first kappa shape index (κ1) is 15.5. The van der Waals surface area contributed by atoms with Crippen molar-refractivity contribution < 1.29 is 9.53 Å². The van der Waals surface area contributed by atoms with E-state index in [0.29, 0.717) is 18.3 Å². The molecule has 0 aliphatic carbocycles. The monoisotopic (exact) mass is 340 g/mol. The quantitative estimate of drug-likeness (QED) is 0.804. The summed E-state index contributed by atoms with van der Waals surface area (Å²) in [6.07, 6.45) is 0.519. The van der Waals surface area contributed by atoms with E-state index >= 15 is 0 Å². The van der Waals surface area contributed by atoms with Gasteiger partial charge >= 0.3 is 0 Å². The van der Waals surface area contributed by atoms with Crippen LogP contribution in [0.25, 0.3) is 0 Å². The van der Waals surface area contributed by atoms with E-state index in [1.807, 2.05) is 6.07 Å². The predicted molar refractivity (Wildman–Crippen MR) is 82.8 cm³/mol. The minimum Gasteiger partial charge on any atom is -0.379 e. The van der Waals surface area contributed by atoms with Crippen molar-refractivity contribution in [2.45, 2.75) is 19.5 Å². The summed E-state index contributed by atoms with van der Waals surface area (Å²) in [7, 11) is 0. The van der Waals surface area contributed by atoms with Crippen LogP contribution in [0, 0.1) is 0 Å². The van der Waals surface area contributed by atoms with Crippen molar-refractivity contribution in [2.75, 3.05) is 31.6 Å². The van der Waals surface area contributed by atoms with Crippen molar-refractivity contribution in [3.05, 3.63) is 35.4 Å². The van der Waals surface area contributed by atoms with Crippen molar-refractivity contribution in [3.63, 3.8) is 0 Å². The van der Waals surface area contributed by atoms with Gasteiger partial charge in [0.25, 0.3) is 0 Å². The number of ether oxygens (including phenoxy) is 1. The molecule has 0 spiro atoms. The molecule has 1 N–H and O–H groups in total. The fourth-order valence-electron chi connectivity index (χ4n) is 2.25. The van der Waals surface area contributed by atoms with E-state index in [-0.39, 0.29) is 5.91 Å². The molecule has 1 aliphatic heterocycles. The van der Waals surface area contributed by atoms with Gasteiger partial charge in [0.15, 0.2) is 0 Å². The van der Waals surface area contributed by atoms with E-state index in [1.165, 1.54) is 11.1 Å². The van der Waals surface area contributed by atoms with Gasteiger partial charge < -0.3 is 10.1 Å². The Morgan fingerprint density at radius 2 is 1.95 bits per heavy atom. The molecule has 1 amide bonds. The lowest BCUT2D eigenvalue weighted by Gasteiger charge is -2.27. The molecule has 1 fully saturated rings. The van der Waals surface area contributed by atoms with Crippen LogP contribution >= 0.6 is 15.9 Å². The molecule has 1 aliphatic rings. The lowest BCUT2D eigenvalue weighted by atomic mass is 10.1. The summed E-state index contributed by atoms with van der Waals surface area (Å²) in [5, 5.41) is 3.67. The molecule has 0 atom stereocenters. The van der Waals surface area contributed by atoms with Crippen molar-refractivity contribution in [3.8, 4) is 0 Å². The van der Waals surface area contributed by atoms with Crippen LogP contribution in [0.4, 0.5) is 0 Å². The zero-order chi connectivity index (χ0) is 14.2. The molecule has 0 unspecified atom stereocenters. The SMILES string of the molecule is O=C(CCBr)NCc1ccccc1CN1CCOCC1. The van der Waals surface area contributed by atoms with E-state index in [0.717, 1.165) is 32.8 Å². The number of carbonyl (C=O) groups excluding carboxylic acids is 1. The molecule has 0 bridgehead atoms. The Kier molecular flexibility index (Phi) is 6.50. The highest BCUT2D eigenvalue weighted by atomic mass is 79.9. The topological polar surface area (TPSA) is 41.6 Å². The van der Waals surface area contributed by atoms with Crippen LogP contribution in [0.2, 0.25) is 0 Å². The number of nitrogens with zero attached hydrogens (tertiary/aromatic N) is 1. The number of nitrogens with one attached hydrogen (secondary N) is 1. The summed E-state index contributed by atoms with van der Waals surface area (Å²) in [5.74, 6) is 0.0862. The van der Waals surface area contributed by atoms with Gasteiger partial charge in [-0.05, 0) is 11.1 Å². The first-order chi connectivity index (χ1) is 9.79. The Morgan fingerprint density at radius 1 is 1.25 bits per heavy atom. The summed E-state index contributed by atoms with van der Waals surface area (Å²) >= 11 is 3.28. The highest BCUT2D eigenvalue weighted by Crippen LogP contribution is 2.13. The number of amides is 1. The molecule has 4 nitrogen and oxygen atoms in total. The van der Waals surface area contributed by atoms with Gasteiger partial charge in [-0.3, -0.25) is 9.69 Å². The zero-order valence-electron chi connectivity index (χ0n) is 11.6. The van der Waals surface area contributed by atoms with Gasteiger partial charge in [0, 0.05) is 37.9 Å². The van der Waals surface area contributed by atoms with Gasteiger partial charge in [-0.25, -0.2) is 0 Å². The molecule has 1 saturated heterocycles. The van der Waals surface area contributed by atoms with Crippen molar-refractivity contribution in [1.82, 2.24) is 10.2 Å². The molecule has 2 rings (SSSR count). The Bertz CT molecular complexity index is 434. The summed E-state index contributed by atoms with van der Waals surface area (Å²) in [6.45, 7) is 5.10. The van der Waals surface area contributed by atoms with E-state index in [2.05, 4.69) is 44.3 Å². The molecular formula is C15H21BrN2O2. The zero-order valence-corrected chi connectivity index (χ0v) is 13.2. The minimum absolute atomic E-state index is 0.0862. The number of alkyl halides is 1. The minimum atomic E-state index is 0.0862. The lowest BCUT2D eigenvalue weighted by molar-refractivity contribution is -0.120. The molecular weight excluding hydrogens is 320 g/mol. The van der Waals surface area contributed by atoms with Gasteiger partial charge in [0.1, 0.15) is 0 Å². The van der Waals surface area contributed by atoms with Crippen LogP contribution in [0.15, 0.2) is 24.3 Å². The van der Waals surface area contributed by atoms with Crippen LogP contribution in [-0.4, -0.2) is 42.4 Å². The normalized spacial score (nSPS) is 16.1. The number of rotatable bonds is 6. The molecule has 1 aromatic rings. The third-order valence-electron chi connectivity index (χ3n) is 3.41. The average molecular weight is 341 g/mol. The van der Waals surface area contributed by atoms with Crippen LogP contribution in [0.1, 0.15) is 17.5 Å². The molecule has 1 aromatic carbocycles. The molecule has 110 valence electrons. The maximum Gasteiger partial charge on any atom is 0.221 e. The lowest BCUT2D eigenvalue weighted by Crippen LogP contribution is -2.36. The fourth-order valence-corrected chi connectivity index (χ4v) is 2.61. The summed E-state index contributed by atoms with van der Waals surface area (Å²) in [4.78, 5) is 13.9. The Balaban J connectivity index is 1.93. The van der Waals surface area contributed by atoms with Gasteiger partial charge in [0.2, 0.25) is 5.91 Å². The highest BCUT2D eigenvalue weighted by molar-refractivity contribution is 9.09. The molecule has 0 aromatic heterocycles. The molecule has 5 heteroatoms. The van der Waals surface area contributed by atoms with Gasteiger partial charge in [-0.15, -0.1) is 0 Å². The Labute approximate surface area is 128 Å². The van der Waals surface area contributed by atoms with E-state index in [9.17, 15) is 4.79 Å². The number of morpholine rings is 1. The van der Waals surface area contributed by atoms with E-state index in [1.54, 1.807) is 0 Å². The molecule has 0 saturated carbocycles. The van der Waals surface area contributed by atoms with E-state index in [4.69, 9.17) is 4.74 Å². The highest BCUT2D eigenvalue weighted by Gasteiger charge is 2.12. The standard InChI is InChI=1S/C15H21BrN2O2/c16-6-5-15(19)17-11-13-3-1-2-4-14(13)12-18-7-9-20-10-8-18/h1-4H,5-12H2,(H,17,19). The number of halogens is 1. The van der Waals surface area contributed by atoms with Gasteiger partial charge in [-0.2, -0.15) is 0 Å². The third kappa shape index (κ3) is 4.89. The van der Waals surface area contributed by atoms with Gasteiger partial charge in [-0.1, -0.05) is 40.2 Å². The van der Waals surface area contributed by atoms with Crippen molar-refractivity contribution >= 4 is 21.8 Å².